The maximum atomic E-state index is 12.5. The van der Waals surface area contributed by atoms with Crippen LogP contribution in [0.5, 0.6) is 11.5 Å². The summed E-state index contributed by atoms with van der Waals surface area (Å²) in [6.45, 7) is -0.0938. The van der Waals surface area contributed by atoms with E-state index in [9.17, 15) is 9.59 Å². The smallest absolute Gasteiger partial charge is 0.325 e. The molecule has 2 aromatic heterocycles. The topological polar surface area (TPSA) is 96.9 Å². The van der Waals surface area contributed by atoms with E-state index in [2.05, 4.69) is 10.1 Å². The van der Waals surface area contributed by atoms with Crippen molar-refractivity contribution in [2.45, 2.75) is 6.54 Å². The third-order valence-corrected chi connectivity index (χ3v) is 4.98. The van der Waals surface area contributed by atoms with E-state index in [4.69, 9.17) is 14.2 Å². The molecule has 9 nitrogen and oxygen atoms in total. The molecule has 0 saturated carbocycles. The van der Waals surface area contributed by atoms with Gasteiger partial charge in [0.2, 0.25) is 0 Å². The van der Waals surface area contributed by atoms with E-state index in [0.717, 1.165) is 4.70 Å². The molecule has 0 radical (unpaired) electrons. The largest absolute Gasteiger partial charge is 0.493 e. The number of ether oxygens (including phenoxy) is 3. The van der Waals surface area contributed by atoms with Crippen molar-refractivity contribution in [2.75, 3.05) is 21.3 Å². The van der Waals surface area contributed by atoms with Crippen LogP contribution in [0.1, 0.15) is 10.5 Å². The number of aryl methyl sites for hydroxylation is 1. The van der Waals surface area contributed by atoms with E-state index in [1.165, 1.54) is 43.5 Å². The Morgan fingerprint density at radius 2 is 1.89 bits per heavy atom. The van der Waals surface area contributed by atoms with Crippen molar-refractivity contribution >= 4 is 33.4 Å². The summed E-state index contributed by atoms with van der Waals surface area (Å²) in [6, 6.07) is 5.09. The van der Waals surface area contributed by atoms with Gasteiger partial charge >= 0.3 is 5.97 Å². The predicted molar refractivity (Wildman–Crippen MR) is 98.0 cm³/mol. The molecule has 2 heterocycles. The molecule has 27 heavy (non-hydrogen) atoms. The normalized spacial score (nSPS) is 11.6. The predicted octanol–water partition coefficient (Wildman–Crippen LogP) is 1.37. The van der Waals surface area contributed by atoms with Gasteiger partial charge in [0.15, 0.2) is 16.3 Å². The summed E-state index contributed by atoms with van der Waals surface area (Å²) in [4.78, 5) is 29.0. The molecule has 1 amide bonds. The van der Waals surface area contributed by atoms with Gasteiger partial charge in [-0.05, 0) is 6.07 Å². The number of nitrogens with zero attached hydrogens (tertiary/aromatic N) is 4. The van der Waals surface area contributed by atoms with Crippen LogP contribution in [-0.2, 0) is 23.1 Å². The Morgan fingerprint density at radius 1 is 1.19 bits per heavy atom. The van der Waals surface area contributed by atoms with Gasteiger partial charge in [0.05, 0.1) is 31.5 Å². The van der Waals surface area contributed by atoms with Gasteiger partial charge < -0.3 is 18.8 Å². The van der Waals surface area contributed by atoms with E-state index < -0.39 is 11.9 Å². The van der Waals surface area contributed by atoms with Crippen LogP contribution in [0.25, 0.3) is 10.2 Å². The zero-order valence-electron chi connectivity index (χ0n) is 15.3. The van der Waals surface area contributed by atoms with Gasteiger partial charge in [-0.25, -0.2) is 0 Å². The minimum absolute atomic E-state index is 0.0938. The Hall–Kier alpha value is -3.14. The number of carbonyl (C=O) groups excluding carboxylic acids is 2. The molecule has 0 fully saturated rings. The lowest BCUT2D eigenvalue weighted by Crippen LogP contribution is -2.22. The monoisotopic (exact) mass is 390 g/mol. The Bertz CT molecular complexity index is 1080. The van der Waals surface area contributed by atoms with Crippen molar-refractivity contribution < 1.29 is 23.8 Å². The second-order valence-corrected chi connectivity index (χ2v) is 6.49. The van der Waals surface area contributed by atoms with Crippen molar-refractivity contribution in [1.82, 2.24) is 14.3 Å². The molecule has 0 unspecified atom stereocenters. The number of amides is 1. The summed E-state index contributed by atoms with van der Waals surface area (Å²) in [5, 5.41) is 3.98. The molecule has 0 N–H and O–H groups in total. The number of fused-ring (bicyclic) bond motifs is 1. The maximum Gasteiger partial charge on any atom is 0.325 e. The fraction of sp³-hybridized carbons (Fsp3) is 0.294. The number of benzene rings is 1. The van der Waals surface area contributed by atoms with Crippen molar-refractivity contribution in [1.29, 1.82) is 0 Å². The van der Waals surface area contributed by atoms with E-state index in [-0.39, 0.29) is 6.54 Å². The molecular formula is C17H18N4O5S. The summed E-state index contributed by atoms with van der Waals surface area (Å²) in [5.41, 5.74) is 1.02. The quantitative estimate of drug-likeness (QED) is 0.611. The van der Waals surface area contributed by atoms with Crippen LogP contribution < -0.4 is 14.3 Å². The van der Waals surface area contributed by atoms with Crippen LogP contribution in [0.4, 0.5) is 0 Å². The molecule has 3 aromatic rings. The zero-order chi connectivity index (χ0) is 19.6. The second-order valence-electron chi connectivity index (χ2n) is 5.48. The molecule has 0 atom stereocenters. The molecule has 0 aliphatic rings. The lowest BCUT2D eigenvalue weighted by molar-refractivity contribution is -0.141. The van der Waals surface area contributed by atoms with Crippen molar-refractivity contribution in [3.63, 3.8) is 0 Å². The fourth-order valence-corrected chi connectivity index (χ4v) is 3.59. The van der Waals surface area contributed by atoms with Crippen molar-refractivity contribution in [3.8, 4) is 11.5 Å². The van der Waals surface area contributed by atoms with E-state index >= 15 is 0 Å². The van der Waals surface area contributed by atoms with E-state index in [0.29, 0.717) is 27.5 Å². The Kier molecular flexibility index (Phi) is 5.26. The maximum absolute atomic E-state index is 12.5. The number of carbonyl (C=O) groups is 2. The first-order chi connectivity index (χ1) is 13.0. The van der Waals surface area contributed by atoms with Gasteiger partial charge in [-0.2, -0.15) is 10.1 Å². The van der Waals surface area contributed by atoms with Crippen LogP contribution in [0.2, 0.25) is 0 Å². The summed E-state index contributed by atoms with van der Waals surface area (Å²) in [7, 11) is 6.03. The van der Waals surface area contributed by atoms with Gasteiger partial charge in [-0.15, -0.1) is 0 Å². The Labute approximate surface area is 158 Å². The Morgan fingerprint density at radius 3 is 2.48 bits per heavy atom. The highest BCUT2D eigenvalue weighted by Crippen LogP contribution is 2.33. The van der Waals surface area contributed by atoms with Crippen LogP contribution in [0, 0.1) is 0 Å². The number of esters is 1. The molecule has 0 saturated heterocycles. The van der Waals surface area contributed by atoms with Gasteiger partial charge in [0, 0.05) is 25.4 Å². The number of thiazole rings is 1. The Balaban J connectivity index is 2.22. The van der Waals surface area contributed by atoms with Gasteiger partial charge in [0.1, 0.15) is 12.2 Å². The number of rotatable bonds is 5. The first kappa shape index (κ1) is 18.6. The van der Waals surface area contributed by atoms with Crippen LogP contribution >= 0.6 is 11.3 Å². The molecule has 1 aromatic carbocycles. The molecule has 0 aliphatic heterocycles. The summed E-state index contributed by atoms with van der Waals surface area (Å²) >= 11 is 1.26. The molecule has 3 rings (SSSR count). The average molecular weight is 390 g/mol. The summed E-state index contributed by atoms with van der Waals surface area (Å²) < 4.78 is 19.3. The number of aromatic nitrogens is 3. The summed E-state index contributed by atoms with van der Waals surface area (Å²) in [6.07, 6.45) is 1.52. The molecule has 0 spiro atoms. The molecular weight excluding hydrogens is 372 g/mol. The number of hydrogen-bond donors (Lipinski definition) is 0. The second kappa shape index (κ2) is 7.62. The van der Waals surface area contributed by atoms with Crippen LogP contribution in [0.15, 0.2) is 29.4 Å². The van der Waals surface area contributed by atoms with Crippen molar-refractivity contribution in [3.05, 3.63) is 34.9 Å². The zero-order valence-corrected chi connectivity index (χ0v) is 16.1. The summed E-state index contributed by atoms with van der Waals surface area (Å²) in [5.74, 6) is 0.130. The highest BCUT2D eigenvalue weighted by atomic mass is 32.1. The van der Waals surface area contributed by atoms with E-state index in [1.807, 2.05) is 0 Å². The fourth-order valence-electron chi connectivity index (χ4n) is 2.56. The first-order valence-electron chi connectivity index (χ1n) is 7.87. The SMILES string of the molecule is COC(=O)Cn1c(=NC(=O)c2ccnn2C)sc2cc(OC)c(OC)cc21. The van der Waals surface area contributed by atoms with Crippen LogP contribution in [0.3, 0.4) is 0 Å². The number of methoxy groups -OCH3 is 3. The lowest BCUT2D eigenvalue weighted by Gasteiger charge is -2.09. The average Bonchev–Trinajstić information content (AvgIpc) is 3.23. The minimum Gasteiger partial charge on any atom is -0.493 e. The third kappa shape index (κ3) is 3.56. The molecule has 0 aliphatic carbocycles. The molecule has 10 heteroatoms. The third-order valence-electron chi connectivity index (χ3n) is 3.94. The first-order valence-corrected chi connectivity index (χ1v) is 8.69. The van der Waals surface area contributed by atoms with Gasteiger partial charge in [0.25, 0.3) is 5.91 Å². The lowest BCUT2D eigenvalue weighted by atomic mass is 10.3. The van der Waals surface area contributed by atoms with Crippen LogP contribution in [-0.4, -0.2) is 47.6 Å². The van der Waals surface area contributed by atoms with Gasteiger partial charge in [-0.1, -0.05) is 11.3 Å². The van der Waals surface area contributed by atoms with E-state index in [1.54, 1.807) is 29.8 Å². The molecule has 142 valence electrons. The van der Waals surface area contributed by atoms with Crippen molar-refractivity contribution in [2.24, 2.45) is 12.0 Å². The standard InChI is InChI=1S/C17H18N4O5S/c1-20-10(5-6-18-20)16(23)19-17-21(9-15(22)26-4)11-7-12(24-2)13(25-3)8-14(11)27-17/h5-8H,9H2,1-4H3. The molecule has 0 bridgehead atoms. The van der Waals surface area contributed by atoms with Gasteiger partial charge in [-0.3, -0.25) is 14.3 Å². The highest BCUT2D eigenvalue weighted by Gasteiger charge is 2.16. The minimum atomic E-state index is -0.459. The number of hydrogen-bond acceptors (Lipinski definition) is 7. The highest BCUT2D eigenvalue weighted by molar-refractivity contribution is 7.16.